The zero-order chi connectivity index (χ0) is 12.7. The Morgan fingerprint density at radius 2 is 2.06 bits per heavy atom. The van der Waals surface area contributed by atoms with Crippen molar-refractivity contribution in [2.24, 2.45) is 0 Å². The summed E-state index contributed by atoms with van der Waals surface area (Å²) in [4.78, 5) is 8.12. The van der Waals surface area contributed by atoms with Gasteiger partial charge in [0.2, 0.25) is 10.0 Å². The number of nitrogens with zero attached hydrogens (tertiary/aromatic N) is 2. The first kappa shape index (κ1) is 14.0. The van der Waals surface area contributed by atoms with Gasteiger partial charge in [0.15, 0.2) is 0 Å². The molecule has 0 fully saturated rings. The number of nitrogens with one attached hydrogen (secondary N) is 2. The molecule has 1 aromatic rings. The van der Waals surface area contributed by atoms with Gasteiger partial charge in [-0.1, -0.05) is 6.92 Å². The van der Waals surface area contributed by atoms with Crippen LogP contribution >= 0.6 is 0 Å². The van der Waals surface area contributed by atoms with Gasteiger partial charge in [0.05, 0.1) is 29.9 Å². The molecule has 0 aliphatic heterocycles. The predicted molar refractivity (Wildman–Crippen MR) is 65.9 cm³/mol. The van der Waals surface area contributed by atoms with Crippen molar-refractivity contribution in [1.29, 1.82) is 0 Å². The lowest BCUT2D eigenvalue weighted by atomic mass is 10.4. The Hall–Kier alpha value is -1.05. The quantitative estimate of drug-likeness (QED) is 0.663. The molecule has 7 heteroatoms. The van der Waals surface area contributed by atoms with E-state index < -0.39 is 10.0 Å². The standard InChI is InChI=1S/C10H18N4O2S/c1-3-11-4-5-17(15,16)14-8-10-7-12-9(2)6-13-10/h6-7,11,14H,3-5,8H2,1-2H3. The van der Waals surface area contributed by atoms with Crippen molar-refractivity contribution in [3.8, 4) is 0 Å². The summed E-state index contributed by atoms with van der Waals surface area (Å²) >= 11 is 0. The molecule has 6 nitrogen and oxygen atoms in total. The second kappa shape index (κ2) is 6.63. The molecule has 0 unspecified atom stereocenters. The van der Waals surface area contributed by atoms with Gasteiger partial charge in [-0.15, -0.1) is 0 Å². The molecule has 1 heterocycles. The minimum atomic E-state index is -3.24. The minimum absolute atomic E-state index is 0.0696. The molecule has 0 spiro atoms. The molecule has 1 rings (SSSR count). The summed E-state index contributed by atoms with van der Waals surface area (Å²) in [5, 5.41) is 2.96. The van der Waals surface area contributed by atoms with Crippen LogP contribution in [0.3, 0.4) is 0 Å². The molecule has 0 amide bonds. The Labute approximate surface area is 102 Å². The molecule has 2 N–H and O–H groups in total. The molecule has 0 radical (unpaired) electrons. The van der Waals surface area contributed by atoms with Crippen LogP contribution in [-0.2, 0) is 16.6 Å². The number of aromatic nitrogens is 2. The van der Waals surface area contributed by atoms with Crippen LogP contribution in [0, 0.1) is 6.92 Å². The third-order valence-corrected chi connectivity index (χ3v) is 3.43. The van der Waals surface area contributed by atoms with Crippen LogP contribution in [0.2, 0.25) is 0 Å². The van der Waals surface area contributed by atoms with Gasteiger partial charge < -0.3 is 5.32 Å². The van der Waals surface area contributed by atoms with Crippen LogP contribution in [-0.4, -0.2) is 37.2 Å². The van der Waals surface area contributed by atoms with E-state index in [2.05, 4.69) is 20.0 Å². The van der Waals surface area contributed by atoms with Gasteiger partial charge in [-0.25, -0.2) is 13.1 Å². The SMILES string of the molecule is CCNCCS(=O)(=O)NCc1cnc(C)cn1. The summed E-state index contributed by atoms with van der Waals surface area (Å²) in [5.41, 5.74) is 1.42. The molecule has 0 saturated heterocycles. The first-order valence-electron chi connectivity index (χ1n) is 5.49. The van der Waals surface area contributed by atoms with Gasteiger partial charge in [0.1, 0.15) is 0 Å². The van der Waals surface area contributed by atoms with Crippen LogP contribution in [0.15, 0.2) is 12.4 Å². The third-order valence-electron chi connectivity index (χ3n) is 2.11. The molecule has 96 valence electrons. The van der Waals surface area contributed by atoms with Crippen LogP contribution in [0.1, 0.15) is 18.3 Å². The monoisotopic (exact) mass is 258 g/mol. The van der Waals surface area contributed by atoms with Crippen molar-refractivity contribution in [2.75, 3.05) is 18.8 Å². The molecule has 0 aromatic carbocycles. The maximum atomic E-state index is 11.5. The van der Waals surface area contributed by atoms with Gasteiger partial charge in [0, 0.05) is 12.7 Å². The van der Waals surface area contributed by atoms with Gasteiger partial charge in [-0.3, -0.25) is 9.97 Å². The molecule has 1 aromatic heterocycles. The third kappa shape index (κ3) is 5.71. The lowest BCUT2D eigenvalue weighted by molar-refractivity contribution is 0.576. The first-order chi connectivity index (χ1) is 8.03. The van der Waals surface area contributed by atoms with E-state index in [1.165, 1.54) is 0 Å². The van der Waals surface area contributed by atoms with Crippen LogP contribution in [0.4, 0.5) is 0 Å². The minimum Gasteiger partial charge on any atom is -0.316 e. The number of aryl methyl sites for hydroxylation is 1. The highest BCUT2D eigenvalue weighted by atomic mass is 32.2. The Kier molecular flexibility index (Phi) is 5.46. The Morgan fingerprint density at radius 3 is 2.65 bits per heavy atom. The molecule has 0 atom stereocenters. The second-order valence-corrected chi connectivity index (χ2v) is 5.57. The molecule has 0 aliphatic rings. The molecular formula is C10H18N4O2S. The van der Waals surface area contributed by atoms with E-state index in [0.29, 0.717) is 12.2 Å². The van der Waals surface area contributed by atoms with E-state index in [0.717, 1.165) is 12.2 Å². The van der Waals surface area contributed by atoms with E-state index in [1.807, 2.05) is 13.8 Å². The van der Waals surface area contributed by atoms with E-state index in [4.69, 9.17) is 0 Å². The Balaban J connectivity index is 2.41. The van der Waals surface area contributed by atoms with Gasteiger partial charge in [0.25, 0.3) is 0 Å². The van der Waals surface area contributed by atoms with E-state index in [1.54, 1.807) is 12.4 Å². The molecule has 0 aliphatic carbocycles. The molecule has 17 heavy (non-hydrogen) atoms. The predicted octanol–water partition coefficient (Wildman–Crippen LogP) is -0.186. The number of rotatable bonds is 7. The molecular weight excluding hydrogens is 240 g/mol. The fourth-order valence-electron chi connectivity index (χ4n) is 1.15. The van der Waals surface area contributed by atoms with Crippen LogP contribution in [0.5, 0.6) is 0 Å². The number of hydrogen-bond acceptors (Lipinski definition) is 5. The summed E-state index contributed by atoms with van der Waals surface area (Å²) in [6, 6.07) is 0. The average molecular weight is 258 g/mol. The van der Waals surface area contributed by atoms with Crippen molar-refractivity contribution < 1.29 is 8.42 Å². The molecule has 0 bridgehead atoms. The van der Waals surface area contributed by atoms with E-state index in [-0.39, 0.29) is 12.3 Å². The highest BCUT2D eigenvalue weighted by Crippen LogP contribution is 1.95. The topological polar surface area (TPSA) is 84.0 Å². The lowest BCUT2D eigenvalue weighted by Crippen LogP contribution is -2.31. The summed E-state index contributed by atoms with van der Waals surface area (Å²) in [7, 11) is -3.24. The van der Waals surface area contributed by atoms with E-state index >= 15 is 0 Å². The first-order valence-corrected chi connectivity index (χ1v) is 7.14. The highest BCUT2D eigenvalue weighted by molar-refractivity contribution is 7.89. The zero-order valence-corrected chi connectivity index (χ0v) is 10.9. The fraction of sp³-hybridized carbons (Fsp3) is 0.600. The lowest BCUT2D eigenvalue weighted by Gasteiger charge is -2.06. The summed E-state index contributed by atoms with van der Waals surface area (Å²) < 4.78 is 25.6. The van der Waals surface area contributed by atoms with Crippen LogP contribution in [0.25, 0.3) is 0 Å². The number of sulfonamides is 1. The van der Waals surface area contributed by atoms with Crippen LogP contribution < -0.4 is 10.0 Å². The summed E-state index contributed by atoms with van der Waals surface area (Å²) in [6.07, 6.45) is 3.18. The Bertz CT molecular complexity index is 430. The maximum Gasteiger partial charge on any atom is 0.213 e. The van der Waals surface area contributed by atoms with Gasteiger partial charge in [-0.2, -0.15) is 0 Å². The maximum absolute atomic E-state index is 11.5. The second-order valence-electron chi connectivity index (χ2n) is 3.64. The normalized spacial score (nSPS) is 11.6. The van der Waals surface area contributed by atoms with Crippen molar-refractivity contribution in [1.82, 2.24) is 20.0 Å². The zero-order valence-electron chi connectivity index (χ0n) is 10.1. The smallest absolute Gasteiger partial charge is 0.213 e. The Morgan fingerprint density at radius 1 is 1.29 bits per heavy atom. The fourth-order valence-corrected chi connectivity index (χ4v) is 2.08. The average Bonchev–Trinajstić information content (AvgIpc) is 2.29. The summed E-state index contributed by atoms with van der Waals surface area (Å²) in [6.45, 7) is 5.16. The molecule has 0 saturated carbocycles. The van der Waals surface area contributed by atoms with Crippen molar-refractivity contribution in [3.05, 3.63) is 23.8 Å². The summed E-state index contributed by atoms with van der Waals surface area (Å²) in [5.74, 6) is 0.0696. The number of hydrogen-bond donors (Lipinski definition) is 2. The largest absolute Gasteiger partial charge is 0.316 e. The van der Waals surface area contributed by atoms with E-state index in [9.17, 15) is 8.42 Å². The van der Waals surface area contributed by atoms with Crippen molar-refractivity contribution in [3.63, 3.8) is 0 Å². The van der Waals surface area contributed by atoms with Crippen molar-refractivity contribution >= 4 is 10.0 Å². The highest BCUT2D eigenvalue weighted by Gasteiger charge is 2.09. The van der Waals surface area contributed by atoms with Gasteiger partial charge >= 0.3 is 0 Å². The van der Waals surface area contributed by atoms with Crippen molar-refractivity contribution in [2.45, 2.75) is 20.4 Å². The van der Waals surface area contributed by atoms with Gasteiger partial charge in [-0.05, 0) is 13.5 Å².